The van der Waals surface area contributed by atoms with Gasteiger partial charge in [-0.2, -0.15) is 0 Å². The molecule has 32 heavy (non-hydrogen) atoms. The van der Waals surface area contributed by atoms with E-state index in [9.17, 15) is 29.4 Å². The standard InChI is InChI=1S/C24H28O8/c1-12(2)7-10-19(31-23(30)13(3)24(5,6)32-14(4)25)15-11-18(28)20-16(26)8-9-17(27)21(20)22(15)29/h7-9,11,13,19,26-27H,10H2,1-6H3/t13?,19-/m1/s1. The summed E-state index contributed by atoms with van der Waals surface area (Å²) >= 11 is 0. The zero-order valence-electron chi connectivity index (χ0n) is 19.0. The van der Waals surface area contributed by atoms with Crippen LogP contribution in [0.3, 0.4) is 0 Å². The molecule has 0 radical (unpaired) electrons. The smallest absolute Gasteiger partial charge is 0.313 e. The molecule has 2 N–H and O–H groups in total. The fourth-order valence-electron chi connectivity index (χ4n) is 3.29. The van der Waals surface area contributed by atoms with Crippen LogP contribution in [-0.4, -0.2) is 45.4 Å². The zero-order chi connectivity index (χ0) is 24.4. The van der Waals surface area contributed by atoms with Gasteiger partial charge < -0.3 is 19.7 Å². The maximum absolute atomic E-state index is 13.1. The lowest BCUT2D eigenvalue weighted by Gasteiger charge is -2.31. The molecule has 2 atom stereocenters. The first-order valence-electron chi connectivity index (χ1n) is 10.1. The molecule has 0 heterocycles. The quantitative estimate of drug-likeness (QED) is 0.371. The van der Waals surface area contributed by atoms with Crippen molar-refractivity contribution in [3.63, 3.8) is 0 Å². The number of allylic oxidation sites excluding steroid dienone is 2. The predicted molar refractivity (Wildman–Crippen MR) is 115 cm³/mol. The summed E-state index contributed by atoms with van der Waals surface area (Å²) in [4.78, 5) is 50.0. The van der Waals surface area contributed by atoms with Crippen LogP contribution in [0.25, 0.3) is 0 Å². The van der Waals surface area contributed by atoms with Gasteiger partial charge in [-0.05, 0) is 52.8 Å². The normalized spacial score (nSPS) is 15.2. The molecular weight excluding hydrogens is 416 g/mol. The van der Waals surface area contributed by atoms with Gasteiger partial charge in [-0.3, -0.25) is 19.2 Å². The minimum atomic E-state index is -1.17. The van der Waals surface area contributed by atoms with E-state index in [1.807, 2.05) is 13.8 Å². The fraction of sp³-hybridized carbons (Fsp3) is 0.417. The van der Waals surface area contributed by atoms with Gasteiger partial charge in [0.15, 0.2) is 11.6 Å². The summed E-state index contributed by atoms with van der Waals surface area (Å²) in [5.41, 5.74) is -1.02. The Labute approximate surface area is 186 Å². The van der Waals surface area contributed by atoms with Crippen molar-refractivity contribution in [3.8, 4) is 11.5 Å². The van der Waals surface area contributed by atoms with Crippen LogP contribution in [0.2, 0.25) is 0 Å². The molecule has 1 aromatic rings. The third-order valence-corrected chi connectivity index (χ3v) is 5.33. The molecule has 1 unspecified atom stereocenters. The number of phenolic OH excluding ortho intramolecular Hbond substituents is 2. The molecule has 172 valence electrons. The largest absolute Gasteiger partial charge is 0.507 e. The van der Waals surface area contributed by atoms with Gasteiger partial charge in [0.1, 0.15) is 23.2 Å². The summed E-state index contributed by atoms with van der Waals surface area (Å²) in [6.45, 7) is 9.55. The SMILES string of the molecule is CC(=O)OC(C)(C)C(C)C(=O)O[C@H](CC=C(C)C)C1=CC(=O)c2c(O)ccc(O)c2C1=O. The average Bonchev–Trinajstić information content (AvgIpc) is 2.67. The monoisotopic (exact) mass is 444 g/mol. The Morgan fingerprint density at radius 3 is 2.16 bits per heavy atom. The van der Waals surface area contributed by atoms with E-state index in [4.69, 9.17) is 9.47 Å². The molecule has 8 heteroatoms. The van der Waals surface area contributed by atoms with Crippen LogP contribution in [0.5, 0.6) is 11.5 Å². The molecule has 1 aromatic carbocycles. The van der Waals surface area contributed by atoms with E-state index < -0.39 is 52.6 Å². The average molecular weight is 444 g/mol. The Hall–Kier alpha value is -3.42. The maximum atomic E-state index is 13.1. The van der Waals surface area contributed by atoms with E-state index in [-0.39, 0.29) is 23.1 Å². The second kappa shape index (κ2) is 9.38. The Morgan fingerprint density at radius 1 is 1.06 bits per heavy atom. The topological polar surface area (TPSA) is 127 Å². The van der Waals surface area contributed by atoms with Crippen molar-refractivity contribution >= 4 is 23.5 Å². The number of aromatic hydroxyl groups is 2. The van der Waals surface area contributed by atoms with E-state index in [0.29, 0.717) is 0 Å². The Morgan fingerprint density at radius 2 is 1.62 bits per heavy atom. The van der Waals surface area contributed by atoms with Crippen molar-refractivity contribution < 1.29 is 38.9 Å². The molecule has 1 aliphatic carbocycles. The number of hydrogen-bond acceptors (Lipinski definition) is 8. The van der Waals surface area contributed by atoms with Gasteiger partial charge in [0.25, 0.3) is 0 Å². The Balaban J connectivity index is 2.44. The molecule has 2 rings (SSSR count). The number of benzene rings is 1. The predicted octanol–water partition coefficient (Wildman–Crippen LogP) is 3.65. The van der Waals surface area contributed by atoms with Crippen LogP contribution in [0.15, 0.2) is 35.4 Å². The zero-order valence-corrected chi connectivity index (χ0v) is 19.0. The van der Waals surface area contributed by atoms with E-state index in [0.717, 1.165) is 23.8 Å². The molecule has 0 saturated heterocycles. The number of phenols is 2. The number of esters is 2. The fourth-order valence-corrected chi connectivity index (χ4v) is 3.29. The summed E-state index contributed by atoms with van der Waals surface area (Å²) in [5.74, 6) is -4.46. The molecule has 0 saturated carbocycles. The highest BCUT2D eigenvalue weighted by atomic mass is 16.6. The number of rotatable bonds is 7. The summed E-state index contributed by atoms with van der Waals surface area (Å²) < 4.78 is 10.8. The highest BCUT2D eigenvalue weighted by Gasteiger charge is 2.39. The van der Waals surface area contributed by atoms with Crippen molar-refractivity contribution in [3.05, 3.63) is 46.6 Å². The van der Waals surface area contributed by atoms with Crippen molar-refractivity contribution in [2.75, 3.05) is 0 Å². The third kappa shape index (κ3) is 5.25. The van der Waals surface area contributed by atoms with Crippen molar-refractivity contribution in [1.29, 1.82) is 0 Å². The molecule has 0 spiro atoms. The third-order valence-electron chi connectivity index (χ3n) is 5.33. The van der Waals surface area contributed by atoms with Gasteiger partial charge in [0.2, 0.25) is 0 Å². The highest BCUT2D eigenvalue weighted by molar-refractivity contribution is 6.27. The van der Waals surface area contributed by atoms with Gasteiger partial charge in [-0.1, -0.05) is 11.6 Å². The van der Waals surface area contributed by atoms with Crippen molar-refractivity contribution in [2.24, 2.45) is 5.92 Å². The summed E-state index contributed by atoms with van der Waals surface area (Å²) in [7, 11) is 0. The van der Waals surface area contributed by atoms with Gasteiger partial charge in [0.05, 0.1) is 17.0 Å². The van der Waals surface area contributed by atoms with Gasteiger partial charge in [-0.25, -0.2) is 0 Å². The van der Waals surface area contributed by atoms with Crippen LogP contribution < -0.4 is 0 Å². The molecule has 0 amide bonds. The lowest BCUT2D eigenvalue weighted by molar-refractivity contribution is -0.171. The van der Waals surface area contributed by atoms with E-state index in [2.05, 4.69) is 0 Å². The lowest BCUT2D eigenvalue weighted by atomic mass is 9.85. The minimum Gasteiger partial charge on any atom is -0.507 e. The van der Waals surface area contributed by atoms with Gasteiger partial charge in [-0.15, -0.1) is 0 Å². The molecule has 0 aromatic heterocycles. The van der Waals surface area contributed by atoms with Crippen molar-refractivity contribution in [2.45, 2.75) is 59.7 Å². The van der Waals surface area contributed by atoms with Crippen LogP contribution in [-0.2, 0) is 19.1 Å². The van der Waals surface area contributed by atoms with Crippen LogP contribution >= 0.6 is 0 Å². The molecule has 1 aliphatic rings. The summed E-state index contributed by atoms with van der Waals surface area (Å²) in [6.07, 6.45) is 1.74. The summed E-state index contributed by atoms with van der Waals surface area (Å²) in [6, 6.07) is 2.24. The first-order valence-corrected chi connectivity index (χ1v) is 10.1. The number of Topliss-reactive ketones (excluding diaryl/α,β-unsaturated/α-hetero) is 1. The van der Waals surface area contributed by atoms with Crippen molar-refractivity contribution in [1.82, 2.24) is 0 Å². The Bertz CT molecular complexity index is 1020. The van der Waals surface area contributed by atoms with Crippen LogP contribution in [0, 0.1) is 5.92 Å². The first-order chi connectivity index (χ1) is 14.8. The number of carbonyl (C=O) groups is 4. The Kier molecular flexibility index (Phi) is 7.28. The summed E-state index contributed by atoms with van der Waals surface area (Å²) in [5, 5.41) is 20.2. The minimum absolute atomic E-state index is 0.106. The lowest BCUT2D eigenvalue weighted by Crippen LogP contribution is -2.41. The molecule has 0 fully saturated rings. The highest BCUT2D eigenvalue weighted by Crippen LogP contribution is 2.36. The molecule has 0 bridgehead atoms. The van der Waals surface area contributed by atoms with E-state index in [1.54, 1.807) is 19.9 Å². The molecular formula is C24H28O8. The second-order valence-electron chi connectivity index (χ2n) is 8.51. The van der Waals surface area contributed by atoms with Gasteiger partial charge in [0, 0.05) is 18.9 Å². The number of fused-ring (bicyclic) bond motifs is 1. The van der Waals surface area contributed by atoms with Crippen LogP contribution in [0.1, 0.15) is 68.7 Å². The number of ketones is 2. The maximum Gasteiger partial charge on any atom is 0.313 e. The number of ether oxygens (including phenoxy) is 2. The molecule has 0 aliphatic heterocycles. The van der Waals surface area contributed by atoms with Crippen LogP contribution in [0.4, 0.5) is 0 Å². The number of carbonyl (C=O) groups excluding carboxylic acids is 4. The first kappa shape index (κ1) is 24.8. The van der Waals surface area contributed by atoms with E-state index in [1.165, 1.54) is 13.8 Å². The second-order valence-corrected chi connectivity index (χ2v) is 8.51. The van der Waals surface area contributed by atoms with E-state index >= 15 is 0 Å². The van der Waals surface area contributed by atoms with Gasteiger partial charge >= 0.3 is 11.9 Å². The number of hydrogen-bond donors (Lipinski definition) is 2. The molecule has 8 nitrogen and oxygen atoms in total.